The number of nitrogens with zero attached hydrogens (tertiary/aromatic N) is 3. The number of fused-ring (bicyclic) bond motifs is 1. The highest BCUT2D eigenvalue weighted by Gasteiger charge is 2.19. The van der Waals surface area contributed by atoms with Crippen LogP contribution in [0.5, 0.6) is 0 Å². The Bertz CT molecular complexity index is 544. The van der Waals surface area contributed by atoms with Crippen LogP contribution in [0.4, 0.5) is 5.82 Å². The summed E-state index contributed by atoms with van der Waals surface area (Å²) >= 11 is 0. The number of rotatable bonds is 2. The van der Waals surface area contributed by atoms with Gasteiger partial charge in [0, 0.05) is 19.3 Å². The molecule has 2 aromatic heterocycles. The number of morpholine rings is 1. The molecular formula is C12H13N3O2. The summed E-state index contributed by atoms with van der Waals surface area (Å²) in [6.07, 6.45) is 2.72. The molecule has 0 amide bonds. The summed E-state index contributed by atoms with van der Waals surface area (Å²) in [5.74, 6) is 0.759. The molecule has 3 heterocycles. The van der Waals surface area contributed by atoms with Crippen molar-refractivity contribution < 1.29 is 9.53 Å². The molecule has 0 N–H and O–H groups in total. The minimum Gasteiger partial charge on any atom is -0.378 e. The van der Waals surface area contributed by atoms with Gasteiger partial charge in [-0.2, -0.15) is 0 Å². The largest absolute Gasteiger partial charge is 0.378 e. The molecule has 5 nitrogen and oxygen atoms in total. The molecule has 0 saturated carbocycles. The van der Waals surface area contributed by atoms with Crippen molar-refractivity contribution in [3.8, 4) is 0 Å². The Morgan fingerprint density at radius 1 is 1.29 bits per heavy atom. The number of carbonyl (C=O) groups is 1. The van der Waals surface area contributed by atoms with Gasteiger partial charge in [-0.05, 0) is 12.1 Å². The third-order valence-electron chi connectivity index (χ3n) is 2.97. The van der Waals surface area contributed by atoms with Gasteiger partial charge in [0.1, 0.15) is 11.3 Å². The van der Waals surface area contributed by atoms with E-state index in [-0.39, 0.29) is 0 Å². The molecule has 0 aromatic carbocycles. The van der Waals surface area contributed by atoms with E-state index in [9.17, 15) is 4.79 Å². The minimum absolute atomic E-state index is 0.613. The fourth-order valence-corrected chi connectivity index (χ4v) is 2.12. The second kappa shape index (κ2) is 4.18. The van der Waals surface area contributed by atoms with E-state index < -0.39 is 0 Å². The number of imidazole rings is 1. The molecule has 0 radical (unpaired) electrons. The van der Waals surface area contributed by atoms with Gasteiger partial charge >= 0.3 is 0 Å². The Hall–Kier alpha value is -1.88. The van der Waals surface area contributed by atoms with Crippen LogP contribution >= 0.6 is 0 Å². The predicted octanol–water partition coefficient (Wildman–Crippen LogP) is 0.983. The molecule has 17 heavy (non-hydrogen) atoms. The van der Waals surface area contributed by atoms with Crippen molar-refractivity contribution in [2.24, 2.45) is 0 Å². The van der Waals surface area contributed by atoms with Gasteiger partial charge in [-0.15, -0.1) is 0 Å². The number of aromatic nitrogens is 2. The van der Waals surface area contributed by atoms with Gasteiger partial charge in [-0.1, -0.05) is 6.07 Å². The Balaban J connectivity index is 2.11. The number of hydrogen-bond donors (Lipinski definition) is 0. The van der Waals surface area contributed by atoms with E-state index in [2.05, 4.69) is 9.88 Å². The fraction of sp³-hybridized carbons (Fsp3) is 0.333. The van der Waals surface area contributed by atoms with Crippen LogP contribution in [0, 0.1) is 0 Å². The van der Waals surface area contributed by atoms with Gasteiger partial charge in [0.15, 0.2) is 12.1 Å². The Labute approximate surface area is 98.6 Å². The second-order valence-corrected chi connectivity index (χ2v) is 3.97. The number of ether oxygens (including phenoxy) is 1. The highest BCUT2D eigenvalue weighted by Crippen LogP contribution is 2.20. The minimum atomic E-state index is 0.613. The smallest absolute Gasteiger partial charge is 0.170 e. The molecule has 0 unspecified atom stereocenters. The Kier molecular flexibility index (Phi) is 2.53. The zero-order valence-corrected chi connectivity index (χ0v) is 9.37. The highest BCUT2D eigenvalue weighted by molar-refractivity contribution is 5.83. The van der Waals surface area contributed by atoms with Crippen LogP contribution in [0.2, 0.25) is 0 Å². The van der Waals surface area contributed by atoms with E-state index >= 15 is 0 Å². The monoisotopic (exact) mass is 231 g/mol. The van der Waals surface area contributed by atoms with Crippen LogP contribution in [-0.2, 0) is 4.74 Å². The zero-order valence-electron chi connectivity index (χ0n) is 9.37. The standard InChI is InChI=1S/C12H13N3O2/c16-9-10-12(14-5-7-17-8-6-14)13-11-3-1-2-4-15(10)11/h1-4,9H,5-8H2. The van der Waals surface area contributed by atoms with Gasteiger partial charge < -0.3 is 9.64 Å². The van der Waals surface area contributed by atoms with Gasteiger partial charge in [-0.25, -0.2) is 4.98 Å². The summed E-state index contributed by atoms with van der Waals surface area (Å²) in [6.45, 7) is 2.94. The molecule has 0 bridgehead atoms. The Morgan fingerprint density at radius 2 is 2.12 bits per heavy atom. The van der Waals surface area contributed by atoms with Crippen LogP contribution in [0.25, 0.3) is 5.65 Å². The summed E-state index contributed by atoms with van der Waals surface area (Å²) in [5.41, 5.74) is 1.42. The lowest BCUT2D eigenvalue weighted by atomic mass is 10.3. The number of pyridine rings is 1. The van der Waals surface area contributed by atoms with Crippen LogP contribution in [0.3, 0.4) is 0 Å². The molecule has 1 fully saturated rings. The SMILES string of the molecule is O=Cc1c(N2CCOCC2)nc2ccccn12. The van der Waals surface area contributed by atoms with E-state index in [4.69, 9.17) is 4.74 Å². The summed E-state index contributed by atoms with van der Waals surface area (Å²) in [6, 6.07) is 5.71. The van der Waals surface area contributed by atoms with Crippen molar-refractivity contribution in [2.45, 2.75) is 0 Å². The zero-order chi connectivity index (χ0) is 11.7. The summed E-state index contributed by atoms with van der Waals surface area (Å²) < 4.78 is 7.12. The van der Waals surface area contributed by atoms with Crippen molar-refractivity contribution in [3.05, 3.63) is 30.1 Å². The van der Waals surface area contributed by atoms with Crippen LogP contribution < -0.4 is 4.90 Å². The fourth-order valence-electron chi connectivity index (χ4n) is 2.12. The lowest BCUT2D eigenvalue weighted by Gasteiger charge is -2.27. The predicted molar refractivity (Wildman–Crippen MR) is 63.6 cm³/mol. The molecule has 1 aliphatic rings. The van der Waals surface area contributed by atoms with Crippen molar-refractivity contribution in [1.82, 2.24) is 9.38 Å². The van der Waals surface area contributed by atoms with Gasteiger partial charge in [0.25, 0.3) is 0 Å². The number of aldehydes is 1. The third kappa shape index (κ3) is 1.68. The molecular weight excluding hydrogens is 218 g/mol. The molecule has 0 atom stereocenters. The van der Waals surface area contributed by atoms with Crippen molar-refractivity contribution in [1.29, 1.82) is 0 Å². The van der Waals surface area contributed by atoms with Crippen molar-refractivity contribution in [2.75, 3.05) is 31.2 Å². The number of anilines is 1. The van der Waals surface area contributed by atoms with Gasteiger partial charge in [-0.3, -0.25) is 9.20 Å². The molecule has 0 aliphatic carbocycles. The third-order valence-corrected chi connectivity index (χ3v) is 2.97. The maximum absolute atomic E-state index is 11.2. The quantitative estimate of drug-likeness (QED) is 0.723. The second-order valence-electron chi connectivity index (χ2n) is 3.97. The number of carbonyl (C=O) groups excluding carboxylic acids is 1. The maximum Gasteiger partial charge on any atom is 0.170 e. The normalized spacial score (nSPS) is 16.4. The first-order valence-corrected chi connectivity index (χ1v) is 5.65. The summed E-state index contributed by atoms with van der Waals surface area (Å²) in [4.78, 5) is 17.8. The van der Waals surface area contributed by atoms with Crippen LogP contribution in [0.15, 0.2) is 24.4 Å². The van der Waals surface area contributed by atoms with E-state index in [1.807, 2.05) is 28.8 Å². The molecule has 88 valence electrons. The average Bonchev–Trinajstić information content (AvgIpc) is 2.78. The average molecular weight is 231 g/mol. The highest BCUT2D eigenvalue weighted by atomic mass is 16.5. The van der Waals surface area contributed by atoms with E-state index in [0.717, 1.165) is 30.8 Å². The van der Waals surface area contributed by atoms with Crippen molar-refractivity contribution >= 4 is 17.8 Å². The number of hydrogen-bond acceptors (Lipinski definition) is 4. The lowest BCUT2D eigenvalue weighted by Crippen LogP contribution is -2.37. The van der Waals surface area contributed by atoms with E-state index in [1.54, 1.807) is 0 Å². The summed E-state index contributed by atoms with van der Waals surface area (Å²) in [5, 5.41) is 0. The maximum atomic E-state index is 11.2. The molecule has 1 aliphatic heterocycles. The van der Waals surface area contributed by atoms with E-state index in [1.165, 1.54) is 0 Å². The van der Waals surface area contributed by atoms with Crippen molar-refractivity contribution in [3.63, 3.8) is 0 Å². The molecule has 1 saturated heterocycles. The molecule has 0 spiro atoms. The molecule has 5 heteroatoms. The van der Waals surface area contributed by atoms with Crippen LogP contribution in [0.1, 0.15) is 10.5 Å². The molecule has 3 rings (SSSR count). The van der Waals surface area contributed by atoms with Crippen LogP contribution in [-0.4, -0.2) is 42.0 Å². The topological polar surface area (TPSA) is 46.8 Å². The first-order valence-electron chi connectivity index (χ1n) is 5.65. The van der Waals surface area contributed by atoms with E-state index in [0.29, 0.717) is 18.9 Å². The Morgan fingerprint density at radius 3 is 2.88 bits per heavy atom. The summed E-state index contributed by atoms with van der Waals surface area (Å²) in [7, 11) is 0. The first-order chi connectivity index (χ1) is 8.40. The first kappa shape index (κ1) is 10.3. The van der Waals surface area contributed by atoms with Gasteiger partial charge in [0.05, 0.1) is 13.2 Å². The lowest BCUT2D eigenvalue weighted by molar-refractivity contribution is 0.111. The molecule has 2 aromatic rings. The van der Waals surface area contributed by atoms with Gasteiger partial charge in [0.2, 0.25) is 0 Å².